The lowest BCUT2D eigenvalue weighted by atomic mass is 10.1. The van der Waals surface area contributed by atoms with Crippen LogP contribution in [0.15, 0.2) is 28.7 Å². The van der Waals surface area contributed by atoms with Gasteiger partial charge in [-0.3, -0.25) is 9.69 Å². The molecular weight excluding hydrogens is 290 g/mol. The average Bonchev–Trinajstić information content (AvgIpc) is 2.90. The minimum absolute atomic E-state index is 0.0943. The molecule has 5 heteroatoms. The number of carbonyl (C=O) groups excluding carboxylic acids is 1. The van der Waals surface area contributed by atoms with Crippen molar-refractivity contribution in [2.75, 3.05) is 26.2 Å². The molecular formula is C16H18ClNO3. The Labute approximate surface area is 128 Å². The summed E-state index contributed by atoms with van der Waals surface area (Å²) in [6.07, 6.45) is 0.630. The van der Waals surface area contributed by atoms with Crippen LogP contribution in [0.1, 0.15) is 23.9 Å². The summed E-state index contributed by atoms with van der Waals surface area (Å²) in [5.74, 6) is 0.249. The molecule has 0 N–H and O–H groups in total. The third kappa shape index (κ3) is 3.12. The first kappa shape index (κ1) is 14.6. The van der Waals surface area contributed by atoms with Crippen LogP contribution < -0.4 is 0 Å². The fourth-order valence-corrected chi connectivity index (χ4v) is 2.86. The molecule has 1 aliphatic heterocycles. The van der Waals surface area contributed by atoms with Gasteiger partial charge < -0.3 is 9.15 Å². The highest BCUT2D eigenvalue weighted by molar-refractivity contribution is 6.31. The lowest BCUT2D eigenvalue weighted by Crippen LogP contribution is -2.46. The SMILES string of the molecule is CCCN1CCOC(C(=O)c2cc3cc(Cl)ccc3o2)C1. The van der Waals surface area contributed by atoms with E-state index in [-0.39, 0.29) is 5.78 Å². The van der Waals surface area contributed by atoms with E-state index in [1.165, 1.54) is 0 Å². The molecule has 21 heavy (non-hydrogen) atoms. The first-order valence-corrected chi connectivity index (χ1v) is 7.62. The molecule has 0 aliphatic carbocycles. The van der Waals surface area contributed by atoms with E-state index in [0.717, 1.165) is 24.9 Å². The van der Waals surface area contributed by atoms with Crippen LogP contribution in [0.3, 0.4) is 0 Å². The van der Waals surface area contributed by atoms with E-state index in [9.17, 15) is 4.79 Å². The number of fused-ring (bicyclic) bond motifs is 1. The summed E-state index contributed by atoms with van der Waals surface area (Å²) in [4.78, 5) is 14.8. The molecule has 1 atom stereocenters. The standard InChI is InChI=1S/C16H18ClNO3/c1-2-5-18-6-7-20-15(10-18)16(19)14-9-11-8-12(17)3-4-13(11)21-14/h3-4,8-9,15H,2,5-7,10H2,1H3. The summed E-state index contributed by atoms with van der Waals surface area (Å²) in [5.41, 5.74) is 0.670. The van der Waals surface area contributed by atoms with Crippen molar-refractivity contribution in [2.24, 2.45) is 0 Å². The molecule has 4 nitrogen and oxygen atoms in total. The number of hydrogen-bond acceptors (Lipinski definition) is 4. The van der Waals surface area contributed by atoms with Crippen LogP contribution in [0.5, 0.6) is 0 Å². The Hall–Kier alpha value is -1.36. The zero-order chi connectivity index (χ0) is 14.8. The molecule has 2 heterocycles. The summed E-state index contributed by atoms with van der Waals surface area (Å²) < 4.78 is 11.2. The van der Waals surface area contributed by atoms with Crippen molar-refractivity contribution in [3.8, 4) is 0 Å². The third-order valence-corrected chi connectivity index (χ3v) is 3.94. The summed E-state index contributed by atoms with van der Waals surface area (Å²) in [7, 11) is 0. The third-order valence-electron chi connectivity index (χ3n) is 3.70. The molecule has 0 saturated carbocycles. The number of nitrogens with zero attached hydrogens (tertiary/aromatic N) is 1. The minimum Gasteiger partial charge on any atom is -0.453 e. The van der Waals surface area contributed by atoms with Gasteiger partial charge in [-0.2, -0.15) is 0 Å². The fraction of sp³-hybridized carbons (Fsp3) is 0.438. The van der Waals surface area contributed by atoms with Crippen LogP contribution in [0, 0.1) is 0 Å². The second-order valence-corrected chi connectivity index (χ2v) is 5.75. The maximum absolute atomic E-state index is 12.5. The van der Waals surface area contributed by atoms with Gasteiger partial charge in [0.25, 0.3) is 0 Å². The van der Waals surface area contributed by atoms with Crippen LogP contribution in [0.2, 0.25) is 5.02 Å². The number of ether oxygens (including phenoxy) is 1. The van der Waals surface area contributed by atoms with Gasteiger partial charge in [0.1, 0.15) is 11.7 Å². The topological polar surface area (TPSA) is 42.7 Å². The Balaban J connectivity index is 1.79. The Kier molecular flexibility index (Phi) is 4.29. The van der Waals surface area contributed by atoms with Gasteiger partial charge in [-0.25, -0.2) is 0 Å². The Morgan fingerprint density at radius 1 is 1.43 bits per heavy atom. The molecule has 0 spiro atoms. The van der Waals surface area contributed by atoms with E-state index in [2.05, 4.69) is 11.8 Å². The summed E-state index contributed by atoms with van der Waals surface area (Å²) in [5, 5.41) is 1.47. The first-order valence-electron chi connectivity index (χ1n) is 7.24. The van der Waals surface area contributed by atoms with Crippen molar-refractivity contribution in [3.63, 3.8) is 0 Å². The largest absolute Gasteiger partial charge is 0.453 e. The van der Waals surface area contributed by atoms with E-state index in [1.807, 2.05) is 0 Å². The molecule has 0 amide bonds. The number of carbonyl (C=O) groups is 1. The van der Waals surface area contributed by atoms with Crippen LogP contribution in [0.4, 0.5) is 0 Å². The molecule has 1 fully saturated rings. The molecule has 0 radical (unpaired) electrons. The molecule has 1 aromatic heterocycles. The quantitative estimate of drug-likeness (QED) is 0.812. The lowest BCUT2D eigenvalue weighted by Gasteiger charge is -2.31. The maximum atomic E-state index is 12.5. The van der Waals surface area contributed by atoms with E-state index >= 15 is 0 Å². The summed E-state index contributed by atoms with van der Waals surface area (Å²) >= 11 is 5.95. The van der Waals surface area contributed by atoms with Gasteiger partial charge in [0.15, 0.2) is 5.76 Å². The van der Waals surface area contributed by atoms with E-state index in [1.54, 1.807) is 24.3 Å². The molecule has 1 aliphatic rings. The van der Waals surface area contributed by atoms with E-state index in [0.29, 0.717) is 29.5 Å². The molecule has 1 aromatic carbocycles. The lowest BCUT2D eigenvalue weighted by molar-refractivity contribution is -0.0175. The van der Waals surface area contributed by atoms with Crippen molar-refractivity contribution in [1.29, 1.82) is 0 Å². The molecule has 2 aromatic rings. The number of morpholine rings is 1. The molecule has 1 saturated heterocycles. The number of Topliss-reactive ketones (excluding diaryl/α,β-unsaturated/α-hetero) is 1. The van der Waals surface area contributed by atoms with Crippen molar-refractivity contribution in [2.45, 2.75) is 19.4 Å². The Morgan fingerprint density at radius 2 is 2.29 bits per heavy atom. The number of hydrogen-bond donors (Lipinski definition) is 0. The fourth-order valence-electron chi connectivity index (χ4n) is 2.67. The maximum Gasteiger partial charge on any atom is 0.227 e. The van der Waals surface area contributed by atoms with Gasteiger partial charge in [0, 0.05) is 23.5 Å². The predicted octanol–water partition coefficient (Wildman–Crippen LogP) is 3.38. The number of rotatable bonds is 4. The van der Waals surface area contributed by atoms with Crippen molar-refractivity contribution >= 4 is 28.4 Å². The van der Waals surface area contributed by atoms with Gasteiger partial charge in [0.05, 0.1) is 6.61 Å². The number of halogens is 1. The summed E-state index contributed by atoms with van der Waals surface area (Å²) in [6.45, 7) is 5.22. The van der Waals surface area contributed by atoms with Crippen molar-refractivity contribution in [1.82, 2.24) is 4.90 Å². The van der Waals surface area contributed by atoms with Crippen LogP contribution in [0.25, 0.3) is 11.0 Å². The van der Waals surface area contributed by atoms with E-state index < -0.39 is 6.10 Å². The normalized spacial score (nSPS) is 20.0. The molecule has 3 rings (SSSR count). The second kappa shape index (κ2) is 6.18. The van der Waals surface area contributed by atoms with Gasteiger partial charge in [-0.1, -0.05) is 18.5 Å². The van der Waals surface area contributed by atoms with Crippen molar-refractivity contribution < 1.29 is 13.9 Å². The number of benzene rings is 1. The van der Waals surface area contributed by atoms with Crippen molar-refractivity contribution in [3.05, 3.63) is 35.0 Å². The number of furan rings is 1. The van der Waals surface area contributed by atoms with Crippen LogP contribution >= 0.6 is 11.6 Å². The molecule has 1 unspecified atom stereocenters. The smallest absolute Gasteiger partial charge is 0.227 e. The second-order valence-electron chi connectivity index (χ2n) is 5.32. The van der Waals surface area contributed by atoms with Gasteiger partial charge >= 0.3 is 0 Å². The zero-order valence-electron chi connectivity index (χ0n) is 12.0. The highest BCUT2D eigenvalue weighted by Crippen LogP contribution is 2.24. The molecule has 112 valence electrons. The molecule has 0 bridgehead atoms. The Bertz CT molecular complexity index is 650. The Morgan fingerprint density at radius 3 is 3.10 bits per heavy atom. The van der Waals surface area contributed by atoms with Gasteiger partial charge in [-0.05, 0) is 37.2 Å². The van der Waals surface area contributed by atoms with Crippen LogP contribution in [-0.2, 0) is 4.74 Å². The van der Waals surface area contributed by atoms with Crippen LogP contribution in [-0.4, -0.2) is 43.0 Å². The van der Waals surface area contributed by atoms with Gasteiger partial charge in [-0.15, -0.1) is 0 Å². The summed E-state index contributed by atoms with van der Waals surface area (Å²) in [6, 6.07) is 7.06. The monoisotopic (exact) mass is 307 g/mol. The minimum atomic E-state index is -0.443. The van der Waals surface area contributed by atoms with E-state index in [4.69, 9.17) is 20.8 Å². The highest BCUT2D eigenvalue weighted by Gasteiger charge is 2.29. The first-order chi connectivity index (χ1) is 10.2. The average molecular weight is 308 g/mol. The predicted molar refractivity (Wildman–Crippen MR) is 82.0 cm³/mol. The zero-order valence-corrected chi connectivity index (χ0v) is 12.7. The van der Waals surface area contributed by atoms with Gasteiger partial charge in [0.2, 0.25) is 5.78 Å². The highest BCUT2D eigenvalue weighted by atomic mass is 35.5. The number of ketones is 1.